The summed E-state index contributed by atoms with van der Waals surface area (Å²) in [5.41, 5.74) is 7.68. The zero-order valence-electron chi connectivity index (χ0n) is 16.5. The second kappa shape index (κ2) is 11.6. The molecule has 1 aliphatic heterocycles. The largest absolute Gasteiger partial charge is 0.383 e. The number of ether oxygens (including phenoxy) is 1. The highest BCUT2D eigenvalue weighted by Gasteiger charge is 2.21. The van der Waals surface area contributed by atoms with Gasteiger partial charge in [-0.1, -0.05) is 0 Å². The third-order valence-corrected chi connectivity index (χ3v) is 5.05. The number of methoxy groups -OCH3 is 1. The van der Waals surface area contributed by atoms with E-state index in [-0.39, 0.29) is 42.8 Å². The summed E-state index contributed by atoms with van der Waals surface area (Å²) in [4.78, 5) is 23.6. The lowest BCUT2D eigenvalue weighted by Crippen LogP contribution is -2.42. The number of piperidine rings is 1. The molecule has 0 bridgehead atoms. The third-order valence-electron chi connectivity index (χ3n) is 5.05. The van der Waals surface area contributed by atoms with Crippen LogP contribution in [0, 0.1) is 0 Å². The zero-order chi connectivity index (χ0) is 18.5. The first-order valence-corrected chi connectivity index (χ1v) is 9.44. The van der Waals surface area contributed by atoms with Gasteiger partial charge in [0, 0.05) is 45.3 Å². The number of hydrogen-bond donors (Lipinski definition) is 1. The van der Waals surface area contributed by atoms with Crippen molar-refractivity contribution in [3.8, 4) is 0 Å². The predicted molar refractivity (Wildman–Crippen MR) is 115 cm³/mol. The minimum absolute atomic E-state index is 0. The van der Waals surface area contributed by atoms with Gasteiger partial charge in [0.15, 0.2) is 5.65 Å². The van der Waals surface area contributed by atoms with E-state index in [0.717, 1.165) is 55.8 Å². The van der Waals surface area contributed by atoms with Crippen molar-refractivity contribution in [2.45, 2.75) is 51.1 Å². The van der Waals surface area contributed by atoms with Crippen molar-refractivity contribution in [2.75, 3.05) is 26.8 Å². The summed E-state index contributed by atoms with van der Waals surface area (Å²) in [6, 6.07) is 4.27. The topological polar surface area (TPSA) is 86.3 Å². The molecule has 2 N–H and O–H groups in total. The Kier molecular flexibility index (Phi) is 10.2. The van der Waals surface area contributed by atoms with Crippen LogP contribution in [-0.4, -0.2) is 58.2 Å². The lowest BCUT2D eigenvalue weighted by atomic mass is 10.1. The lowest BCUT2D eigenvalue weighted by Gasteiger charge is -2.30. The van der Waals surface area contributed by atoms with Crippen LogP contribution in [0.1, 0.15) is 44.5 Å². The molecule has 9 heteroatoms. The van der Waals surface area contributed by atoms with Crippen LogP contribution in [0.5, 0.6) is 0 Å². The van der Waals surface area contributed by atoms with Crippen LogP contribution in [0.3, 0.4) is 0 Å². The van der Waals surface area contributed by atoms with Gasteiger partial charge in [-0.15, -0.1) is 24.8 Å². The third kappa shape index (κ3) is 5.80. The van der Waals surface area contributed by atoms with E-state index in [2.05, 4.69) is 16.5 Å². The number of rotatable bonds is 7. The molecular formula is C19H31Cl2N5O2. The maximum atomic E-state index is 12.4. The first-order chi connectivity index (χ1) is 12.6. The Morgan fingerprint density at radius 2 is 2.07 bits per heavy atom. The number of nitrogens with zero attached hydrogens (tertiary/aromatic N) is 4. The number of amides is 1. The zero-order valence-corrected chi connectivity index (χ0v) is 18.2. The van der Waals surface area contributed by atoms with Crippen LogP contribution in [0.2, 0.25) is 0 Å². The average Bonchev–Trinajstić information content (AvgIpc) is 3.00. The Labute approximate surface area is 178 Å². The summed E-state index contributed by atoms with van der Waals surface area (Å²) in [5, 5.41) is 0. The van der Waals surface area contributed by atoms with Gasteiger partial charge in [0.2, 0.25) is 5.91 Å². The van der Waals surface area contributed by atoms with Gasteiger partial charge in [-0.2, -0.15) is 0 Å². The molecule has 1 atom stereocenters. The highest BCUT2D eigenvalue weighted by Crippen LogP contribution is 2.21. The molecule has 0 radical (unpaired) electrons. The molecule has 1 amide bonds. The molecule has 1 fully saturated rings. The van der Waals surface area contributed by atoms with Gasteiger partial charge in [0.25, 0.3) is 0 Å². The predicted octanol–water partition coefficient (Wildman–Crippen LogP) is 2.75. The summed E-state index contributed by atoms with van der Waals surface area (Å²) in [6.07, 6.45) is 5.68. The average molecular weight is 432 g/mol. The first-order valence-electron chi connectivity index (χ1n) is 9.44. The van der Waals surface area contributed by atoms with Crippen molar-refractivity contribution in [1.82, 2.24) is 19.4 Å². The molecule has 0 aliphatic carbocycles. The SMILES string of the molecule is COCC(C)n1c(CCCC(=O)N2CCC(N)CC2)nc2cccnc21.Cl.Cl. The van der Waals surface area contributed by atoms with E-state index >= 15 is 0 Å². The fourth-order valence-electron chi connectivity index (χ4n) is 3.64. The summed E-state index contributed by atoms with van der Waals surface area (Å²) in [6.45, 7) is 4.27. The van der Waals surface area contributed by atoms with Gasteiger partial charge < -0.3 is 19.9 Å². The van der Waals surface area contributed by atoms with Crippen LogP contribution in [0.4, 0.5) is 0 Å². The monoisotopic (exact) mass is 431 g/mol. The van der Waals surface area contributed by atoms with Crippen molar-refractivity contribution < 1.29 is 9.53 Å². The number of nitrogens with two attached hydrogens (primary N) is 1. The highest BCUT2D eigenvalue weighted by atomic mass is 35.5. The molecule has 0 aromatic carbocycles. The Bertz CT molecular complexity index is 747. The molecule has 7 nitrogen and oxygen atoms in total. The fourth-order valence-corrected chi connectivity index (χ4v) is 3.64. The van der Waals surface area contributed by atoms with Gasteiger partial charge in [-0.05, 0) is 38.3 Å². The smallest absolute Gasteiger partial charge is 0.222 e. The maximum Gasteiger partial charge on any atom is 0.222 e. The van der Waals surface area contributed by atoms with Crippen molar-refractivity contribution in [1.29, 1.82) is 0 Å². The number of carbonyl (C=O) groups is 1. The van der Waals surface area contributed by atoms with E-state index in [0.29, 0.717) is 13.0 Å². The van der Waals surface area contributed by atoms with Crippen LogP contribution < -0.4 is 5.73 Å². The van der Waals surface area contributed by atoms with Gasteiger partial charge in [-0.3, -0.25) is 4.79 Å². The van der Waals surface area contributed by atoms with Crippen LogP contribution in [-0.2, 0) is 16.0 Å². The molecular weight excluding hydrogens is 401 g/mol. The first kappa shape index (κ1) is 24.6. The number of hydrogen-bond acceptors (Lipinski definition) is 5. The quantitative estimate of drug-likeness (QED) is 0.727. The second-order valence-electron chi connectivity index (χ2n) is 7.12. The van der Waals surface area contributed by atoms with E-state index in [1.54, 1.807) is 13.3 Å². The Morgan fingerprint density at radius 3 is 2.75 bits per heavy atom. The summed E-state index contributed by atoms with van der Waals surface area (Å²) >= 11 is 0. The van der Waals surface area contributed by atoms with Crippen molar-refractivity contribution in [2.24, 2.45) is 5.73 Å². The lowest BCUT2D eigenvalue weighted by molar-refractivity contribution is -0.132. The summed E-state index contributed by atoms with van der Waals surface area (Å²) in [5.74, 6) is 1.19. The van der Waals surface area contributed by atoms with Crippen LogP contribution in [0.25, 0.3) is 11.2 Å². The molecule has 0 saturated carbocycles. The van der Waals surface area contributed by atoms with E-state index in [4.69, 9.17) is 15.5 Å². The molecule has 2 aromatic heterocycles. The van der Waals surface area contributed by atoms with E-state index < -0.39 is 0 Å². The minimum atomic E-state index is 0. The second-order valence-corrected chi connectivity index (χ2v) is 7.12. The number of fused-ring (bicyclic) bond motifs is 1. The van der Waals surface area contributed by atoms with E-state index in [1.165, 1.54) is 0 Å². The van der Waals surface area contributed by atoms with Crippen LogP contribution >= 0.6 is 24.8 Å². The fraction of sp³-hybridized carbons (Fsp3) is 0.632. The summed E-state index contributed by atoms with van der Waals surface area (Å²) in [7, 11) is 1.70. The molecule has 3 heterocycles. The van der Waals surface area contributed by atoms with Gasteiger partial charge >= 0.3 is 0 Å². The number of likely N-dealkylation sites (tertiary alicyclic amines) is 1. The molecule has 3 rings (SSSR count). The molecule has 2 aromatic rings. The number of halogens is 2. The van der Waals surface area contributed by atoms with Crippen LogP contribution in [0.15, 0.2) is 18.3 Å². The van der Waals surface area contributed by atoms with Crippen molar-refractivity contribution >= 4 is 41.9 Å². The molecule has 158 valence electrons. The normalized spacial score (nSPS) is 15.8. The Hall–Kier alpha value is -1.41. The maximum absolute atomic E-state index is 12.4. The number of pyridine rings is 1. The molecule has 28 heavy (non-hydrogen) atoms. The number of aryl methyl sites for hydroxylation is 1. The van der Waals surface area contributed by atoms with Crippen molar-refractivity contribution in [3.05, 3.63) is 24.2 Å². The standard InChI is InChI=1S/C19H29N5O2.2ClH/c1-14(13-26-2)24-17(22-16-5-4-10-21-19(16)24)6-3-7-18(25)23-11-8-15(20)9-12-23;;/h4-5,10,14-15H,3,6-9,11-13,20H2,1-2H3;2*1H. The van der Waals surface area contributed by atoms with Gasteiger partial charge in [-0.25, -0.2) is 9.97 Å². The minimum Gasteiger partial charge on any atom is -0.383 e. The van der Waals surface area contributed by atoms with E-state index in [1.807, 2.05) is 17.0 Å². The molecule has 0 spiro atoms. The Morgan fingerprint density at radius 1 is 1.36 bits per heavy atom. The molecule has 1 aliphatic rings. The van der Waals surface area contributed by atoms with Gasteiger partial charge in [0.05, 0.1) is 12.6 Å². The molecule has 1 unspecified atom stereocenters. The molecule has 1 saturated heterocycles. The number of carbonyl (C=O) groups excluding carboxylic acids is 1. The number of aromatic nitrogens is 3. The Balaban J connectivity index is 0.00000196. The number of imidazole rings is 1. The highest BCUT2D eigenvalue weighted by molar-refractivity contribution is 5.85. The summed E-state index contributed by atoms with van der Waals surface area (Å²) < 4.78 is 7.46. The van der Waals surface area contributed by atoms with Gasteiger partial charge in [0.1, 0.15) is 11.3 Å². The van der Waals surface area contributed by atoms with Crippen molar-refractivity contribution in [3.63, 3.8) is 0 Å². The van der Waals surface area contributed by atoms with E-state index in [9.17, 15) is 4.79 Å².